The zero-order valence-corrected chi connectivity index (χ0v) is 18.4. The molecule has 0 unspecified atom stereocenters. The van der Waals surface area contributed by atoms with Crippen LogP contribution in [0.1, 0.15) is 30.1 Å². The zero-order valence-electron chi connectivity index (χ0n) is 18.4. The fraction of sp³-hybridized carbons (Fsp3) is 0.417. The van der Waals surface area contributed by atoms with Crippen LogP contribution in [0.3, 0.4) is 0 Å². The van der Waals surface area contributed by atoms with Crippen molar-refractivity contribution in [2.45, 2.75) is 25.3 Å². The Morgan fingerprint density at radius 1 is 0.970 bits per heavy atom. The summed E-state index contributed by atoms with van der Waals surface area (Å²) in [5, 5.41) is 0. The number of likely N-dealkylation sites (tertiary alicyclic amines) is 1. The van der Waals surface area contributed by atoms with E-state index in [1.165, 1.54) is 12.1 Å². The number of hydrogen-bond acceptors (Lipinski definition) is 8. The Morgan fingerprint density at radius 2 is 1.79 bits per heavy atom. The van der Waals surface area contributed by atoms with Crippen LogP contribution in [0.2, 0.25) is 0 Å². The van der Waals surface area contributed by atoms with E-state index in [2.05, 4.69) is 24.8 Å². The highest BCUT2D eigenvalue weighted by molar-refractivity contribution is 5.32. The van der Waals surface area contributed by atoms with Gasteiger partial charge in [-0.15, -0.1) is 0 Å². The van der Waals surface area contributed by atoms with E-state index in [0.717, 1.165) is 62.9 Å². The van der Waals surface area contributed by atoms with Crippen molar-refractivity contribution in [3.05, 3.63) is 66.1 Å². The highest BCUT2D eigenvalue weighted by Gasteiger charge is 2.26. The summed E-state index contributed by atoms with van der Waals surface area (Å²) in [6.07, 6.45) is 7.23. The summed E-state index contributed by atoms with van der Waals surface area (Å²) in [6.45, 7) is 5.66. The Labute approximate surface area is 192 Å². The molecule has 9 heteroatoms. The van der Waals surface area contributed by atoms with Crippen LogP contribution in [0.25, 0.3) is 0 Å². The molecule has 0 amide bonds. The molecule has 2 aliphatic heterocycles. The van der Waals surface area contributed by atoms with Crippen LogP contribution in [0, 0.1) is 5.82 Å². The second-order valence-electron chi connectivity index (χ2n) is 8.32. The number of nitrogens with zero attached hydrogens (tertiary/aromatic N) is 6. The number of morpholine rings is 1. The molecule has 1 atom stereocenters. The molecule has 0 radical (unpaired) electrons. The molecule has 4 heterocycles. The molecular weight excluding hydrogens is 423 g/mol. The minimum atomic E-state index is -0.300. The third kappa shape index (κ3) is 5.43. The van der Waals surface area contributed by atoms with Gasteiger partial charge in [0.25, 0.3) is 0 Å². The maximum atomic E-state index is 13.2. The topological polar surface area (TPSA) is 76.5 Å². The standard InChI is InChI=1S/C24H27FN6O2/c25-19-3-5-21(6-4-19)33-23-22(26-9-10-27-23)18-2-1-11-30(16-18)17-20-7-8-28-24(29-20)31-12-14-32-15-13-31/h3-10,18H,1-2,11-17H2/t18-/m0/s1. The highest BCUT2D eigenvalue weighted by Crippen LogP contribution is 2.33. The van der Waals surface area contributed by atoms with E-state index in [1.807, 2.05) is 12.3 Å². The van der Waals surface area contributed by atoms with Crippen molar-refractivity contribution >= 4 is 5.95 Å². The first kappa shape index (κ1) is 21.7. The van der Waals surface area contributed by atoms with Gasteiger partial charge in [-0.05, 0) is 49.7 Å². The number of aromatic nitrogens is 4. The Balaban J connectivity index is 1.27. The van der Waals surface area contributed by atoms with Gasteiger partial charge < -0.3 is 14.4 Å². The lowest BCUT2D eigenvalue weighted by atomic mass is 9.94. The average molecular weight is 451 g/mol. The quantitative estimate of drug-likeness (QED) is 0.566. The summed E-state index contributed by atoms with van der Waals surface area (Å²) in [5.74, 6) is 1.69. The molecule has 0 saturated carbocycles. The van der Waals surface area contributed by atoms with Crippen molar-refractivity contribution in [3.8, 4) is 11.6 Å². The normalized spacial score (nSPS) is 19.4. The molecule has 5 rings (SSSR count). The van der Waals surface area contributed by atoms with Crippen LogP contribution in [-0.2, 0) is 11.3 Å². The SMILES string of the molecule is Fc1ccc(Oc2nccnc2[C@H]2CCCN(Cc3ccnc(N4CCOCC4)n3)C2)cc1. The summed E-state index contributed by atoms with van der Waals surface area (Å²) in [5.41, 5.74) is 1.84. The second kappa shape index (κ2) is 10.2. The fourth-order valence-electron chi connectivity index (χ4n) is 4.35. The molecule has 8 nitrogen and oxygen atoms in total. The lowest BCUT2D eigenvalue weighted by molar-refractivity contribution is 0.122. The van der Waals surface area contributed by atoms with Gasteiger partial charge in [0.05, 0.1) is 18.9 Å². The maximum absolute atomic E-state index is 13.2. The van der Waals surface area contributed by atoms with Crippen LogP contribution in [0.5, 0.6) is 11.6 Å². The van der Waals surface area contributed by atoms with Crippen molar-refractivity contribution in [2.75, 3.05) is 44.3 Å². The first-order chi connectivity index (χ1) is 16.2. The predicted molar refractivity (Wildman–Crippen MR) is 121 cm³/mol. The largest absolute Gasteiger partial charge is 0.437 e. The minimum absolute atomic E-state index is 0.198. The number of halogens is 1. The van der Waals surface area contributed by atoms with E-state index in [4.69, 9.17) is 14.5 Å². The van der Waals surface area contributed by atoms with Gasteiger partial charge in [0, 0.05) is 50.7 Å². The Morgan fingerprint density at radius 3 is 2.64 bits per heavy atom. The van der Waals surface area contributed by atoms with Gasteiger partial charge in [0.2, 0.25) is 11.8 Å². The second-order valence-corrected chi connectivity index (χ2v) is 8.32. The molecule has 172 valence electrons. The van der Waals surface area contributed by atoms with Crippen molar-refractivity contribution in [3.63, 3.8) is 0 Å². The van der Waals surface area contributed by atoms with Crippen molar-refractivity contribution in [1.29, 1.82) is 0 Å². The number of benzene rings is 1. The molecule has 3 aromatic rings. The molecule has 0 aliphatic carbocycles. The first-order valence-electron chi connectivity index (χ1n) is 11.4. The summed E-state index contributed by atoms with van der Waals surface area (Å²) in [6, 6.07) is 7.93. The van der Waals surface area contributed by atoms with Gasteiger partial charge in [0.15, 0.2) is 0 Å². The fourth-order valence-corrected chi connectivity index (χ4v) is 4.35. The van der Waals surface area contributed by atoms with Crippen LogP contribution in [0.15, 0.2) is 48.9 Å². The van der Waals surface area contributed by atoms with Crippen molar-refractivity contribution in [2.24, 2.45) is 0 Å². The van der Waals surface area contributed by atoms with Gasteiger partial charge in [-0.25, -0.2) is 19.3 Å². The molecular formula is C24H27FN6O2. The Kier molecular flexibility index (Phi) is 6.68. The number of anilines is 1. The molecule has 1 aromatic carbocycles. The number of ether oxygens (including phenoxy) is 2. The summed E-state index contributed by atoms with van der Waals surface area (Å²) >= 11 is 0. The van der Waals surface area contributed by atoms with E-state index in [0.29, 0.717) is 24.8 Å². The Hall–Kier alpha value is -3.17. The third-order valence-corrected chi connectivity index (χ3v) is 5.99. The van der Waals surface area contributed by atoms with Gasteiger partial charge in [-0.2, -0.15) is 0 Å². The van der Waals surface area contributed by atoms with Gasteiger partial charge in [0.1, 0.15) is 17.3 Å². The number of rotatable bonds is 6. The third-order valence-electron chi connectivity index (χ3n) is 5.99. The van der Waals surface area contributed by atoms with Crippen molar-refractivity contribution < 1.29 is 13.9 Å². The first-order valence-corrected chi connectivity index (χ1v) is 11.4. The lowest BCUT2D eigenvalue weighted by Gasteiger charge is -2.32. The summed E-state index contributed by atoms with van der Waals surface area (Å²) < 4.78 is 24.6. The van der Waals surface area contributed by atoms with E-state index in [-0.39, 0.29) is 11.7 Å². The van der Waals surface area contributed by atoms with E-state index >= 15 is 0 Å². The van der Waals surface area contributed by atoms with Crippen LogP contribution < -0.4 is 9.64 Å². The molecule has 2 fully saturated rings. The number of hydrogen-bond donors (Lipinski definition) is 0. The summed E-state index contributed by atoms with van der Waals surface area (Å²) in [7, 11) is 0. The minimum Gasteiger partial charge on any atom is -0.437 e. The molecule has 2 aliphatic rings. The Bertz CT molecular complexity index is 1060. The zero-order chi connectivity index (χ0) is 22.5. The molecule has 2 aromatic heterocycles. The van der Waals surface area contributed by atoms with Gasteiger partial charge in [-0.3, -0.25) is 9.88 Å². The van der Waals surface area contributed by atoms with Crippen LogP contribution >= 0.6 is 0 Å². The molecule has 0 spiro atoms. The summed E-state index contributed by atoms with van der Waals surface area (Å²) in [4.78, 5) is 22.8. The van der Waals surface area contributed by atoms with Crippen molar-refractivity contribution in [1.82, 2.24) is 24.8 Å². The van der Waals surface area contributed by atoms with Gasteiger partial charge in [-0.1, -0.05) is 0 Å². The van der Waals surface area contributed by atoms with E-state index in [1.54, 1.807) is 24.5 Å². The van der Waals surface area contributed by atoms with Crippen LogP contribution in [-0.4, -0.2) is 64.2 Å². The monoisotopic (exact) mass is 450 g/mol. The maximum Gasteiger partial charge on any atom is 0.241 e. The highest BCUT2D eigenvalue weighted by atomic mass is 19.1. The van der Waals surface area contributed by atoms with Crippen LogP contribution in [0.4, 0.5) is 10.3 Å². The molecule has 33 heavy (non-hydrogen) atoms. The van der Waals surface area contributed by atoms with E-state index < -0.39 is 0 Å². The number of piperidine rings is 1. The molecule has 2 saturated heterocycles. The predicted octanol–water partition coefficient (Wildman–Crippen LogP) is 3.41. The molecule has 0 N–H and O–H groups in total. The average Bonchev–Trinajstić information content (AvgIpc) is 2.87. The van der Waals surface area contributed by atoms with Gasteiger partial charge >= 0.3 is 0 Å². The lowest BCUT2D eigenvalue weighted by Crippen LogP contribution is -2.38. The van der Waals surface area contributed by atoms with E-state index in [9.17, 15) is 4.39 Å². The molecule has 0 bridgehead atoms. The smallest absolute Gasteiger partial charge is 0.241 e.